The van der Waals surface area contributed by atoms with Crippen LogP contribution in [-0.4, -0.2) is 46.4 Å². The fraction of sp³-hybridized carbons (Fsp3) is 0.345. The lowest BCUT2D eigenvalue weighted by Gasteiger charge is -2.31. The van der Waals surface area contributed by atoms with Gasteiger partial charge in [0.05, 0.1) is 28.8 Å². The number of carbonyl (C=O) groups is 1. The molecule has 0 N–H and O–H groups in total. The number of ether oxygens (including phenoxy) is 1. The summed E-state index contributed by atoms with van der Waals surface area (Å²) in [5.41, 5.74) is 3.49. The zero-order valence-electron chi connectivity index (χ0n) is 21.2. The lowest BCUT2D eigenvalue weighted by molar-refractivity contribution is -0.122. The average Bonchev–Trinajstić information content (AvgIpc) is 3.20. The third kappa shape index (κ3) is 5.05. The predicted octanol–water partition coefficient (Wildman–Crippen LogP) is 5.46. The average molecular weight is 534 g/mol. The maximum Gasteiger partial charge on any atom is 0.266 e. The number of fused-ring (bicyclic) bond motifs is 1. The standard InChI is InChI=1S/C29H31N3O3S2/c1-3-31-24-10-6-5-9-22(24)26(30-16-7-4-8-17-30)23(27(31)33)19-25-28(34)32(29(36)37-25)18-15-20-11-13-21(35-2)14-12-20/h5-6,9-14,19H,3-4,7-8,15-18H2,1-2H3. The fourth-order valence-corrected chi connectivity index (χ4v) is 6.46. The molecule has 0 aliphatic carbocycles. The molecule has 0 bridgehead atoms. The number of hydrogen-bond acceptors (Lipinski definition) is 6. The zero-order valence-corrected chi connectivity index (χ0v) is 22.9. The lowest BCUT2D eigenvalue weighted by Crippen LogP contribution is -2.34. The highest BCUT2D eigenvalue weighted by molar-refractivity contribution is 8.26. The first-order valence-electron chi connectivity index (χ1n) is 12.8. The highest BCUT2D eigenvalue weighted by Gasteiger charge is 2.33. The number of benzene rings is 2. The molecule has 0 radical (unpaired) electrons. The van der Waals surface area contributed by atoms with Crippen LogP contribution < -0.4 is 15.2 Å². The second kappa shape index (κ2) is 11.1. The number of nitrogens with zero attached hydrogens (tertiary/aromatic N) is 3. The summed E-state index contributed by atoms with van der Waals surface area (Å²) in [5, 5.41) is 1.05. The molecule has 2 fully saturated rings. The number of amides is 1. The molecule has 0 saturated carbocycles. The number of anilines is 1. The van der Waals surface area contributed by atoms with E-state index >= 15 is 0 Å². The van der Waals surface area contributed by atoms with Crippen LogP contribution in [0.4, 0.5) is 5.69 Å². The molecule has 0 spiro atoms. The largest absolute Gasteiger partial charge is 0.497 e. The number of aromatic nitrogens is 1. The number of rotatable bonds is 7. The van der Waals surface area contributed by atoms with Crippen LogP contribution in [0.2, 0.25) is 0 Å². The van der Waals surface area contributed by atoms with E-state index in [1.165, 1.54) is 18.2 Å². The van der Waals surface area contributed by atoms with Crippen LogP contribution in [0.15, 0.2) is 58.2 Å². The third-order valence-electron chi connectivity index (χ3n) is 7.10. The van der Waals surface area contributed by atoms with Gasteiger partial charge in [-0.15, -0.1) is 0 Å². The molecule has 5 rings (SSSR count). The first kappa shape index (κ1) is 25.5. The van der Waals surface area contributed by atoms with E-state index < -0.39 is 0 Å². The first-order chi connectivity index (χ1) is 18.0. The lowest BCUT2D eigenvalue weighted by atomic mass is 10.0. The van der Waals surface area contributed by atoms with Crippen molar-refractivity contribution in [3.05, 3.63) is 74.9 Å². The Morgan fingerprint density at radius 2 is 1.76 bits per heavy atom. The summed E-state index contributed by atoms with van der Waals surface area (Å²) in [5.74, 6) is 0.665. The van der Waals surface area contributed by atoms with Crippen molar-refractivity contribution in [1.82, 2.24) is 9.47 Å². The van der Waals surface area contributed by atoms with Crippen molar-refractivity contribution in [3.63, 3.8) is 0 Å². The number of methoxy groups -OCH3 is 1. The van der Waals surface area contributed by atoms with Gasteiger partial charge in [-0.05, 0) is 62.4 Å². The number of thiocarbonyl (C=S) groups is 1. The van der Waals surface area contributed by atoms with Gasteiger partial charge in [-0.2, -0.15) is 0 Å². The molecule has 6 nitrogen and oxygen atoms in total. The van der Waals surface area contributed by atoms with E-state index in [2.05, 4.69) is 11.0 Å². The Bertz CT molecular complexity index is 1420. The molecule has 3 aromatic rings. The molecule has 0 unspecified atom stereocenters. The van der Waals surface area contributed by atoms with Crippen molar-refractivity contribution in [2.24, 2.45) is 0 Å². The van der Waals surface area contributed by atoms with Gasteiger partial charge >= 0.3 is 0 Å². The molecule has 37 heavy (non-hydrogen) atoms. The molecular formula is C29H31N3O3S2. The molecule has 2 aliphatic heterocycles. The van der Waals surface area contributed by atoms with Crippen molar-refractivity contribution in [1.29, 1.82) is 0 Å². The van der Waals surface area contributed by atoms with E-state index in [1.807, 2.05) is 49.4 Å². The Morgan fingerprint density at radius 1 is 1.03 bits per heavy atom. The molecule has 1 aromatic heterocycles. The Hall–Kier alpha value is -3.10. The third-order valence-corrected chi connectivity index (χ3v) is 8.48. The van der Waals surface area contributed by atoms with Gasteiger partial charge in [-0.1, -0.05) is 54.3 Å². The smallest absolute Gasteiger partial charge is 0.266 e. The van der Waals surface area contributed by atoms with Crippen LogP contribution in [0.25, 0.3) is 17.0 Å². The fourth-order valence-electron chi connectivity index (χ4n) is 5.17. The van der Waals surface area contributed by atoms with Gasteiger partial charge < -0.3 is 14.2 Å². The minimum absolute atomic E-state index is 0.0646. The number of thioether (sulfide) groups is 1. The van der Waals surface area contributed by atoms with E-state index in [0.29, 0.717) is 34.3 Å². The topological polar surface area (TPSA) is 54.8 Å². The zero-order chi connectivity index (χ0) is 25.9. The minimum Gasteiger partial charge on any atom is -0.497 e. The van der Waals surface area contributed by atoms with Crippen molar-refractivity contribution in [2.75, 3.05) is 31.6 Å². The summed E-state index contributed by atoms with van der Waals surface area (Å²) in [4.78, 5) is 31.8. The number of aryl methyl sites for hydroxylation is 1. The van der Waals surface area contributed by atoms with E-state index in [4.69, 9.17) is 17.0 Å². The second-order valence-electron chi connectivity index (χ2n) is 9.31. The maximum atomic E-state index is 13.8. The number of pyridine rings is 1. The van der Waals surface area contributed by atoms with E-state index in [-0.39, 0.29) is 11.5 Å². The summed E-state index contributed by atoms with van der Waals surface area (Å²) in [6.45, 7) is 4.84. The van der Waals surface area contributed by atoms with Crippen molar-refractivity contribution in [3.8, 4) is 5.75 Å². The summed E-state index contributed by atoms with van der Waals surface area (Å²) >= 11 is 6.88. The van der Waals surface area contributed by atoms with Gasteiger partial charge in [0.2, 0.25) is 0 Å². The minimum atomic E-state index is -0.135. The molecule has 0 atom stereocenters. The Labute approximate surface area is 226 Å². The SMILES string of the molecule is CCn1c(=O)c(C=C2SC(=S)N(CCc3ccc(OC)cc3)C2=O)c(N2CCCCC2)c2ccccc21. The van der Waals surface area contributed by atoms with Crippen LogP contribution in [0.3, 0.4) is 0 Å². The molecule has 3 heterocycles. The van der Waals surface area contributed by atoms with E-state index in [1.54, 1.807) is 22.7 Å². The summed E-state index contributed by atoms with van der Waals surface area (Å²) < 4.78 is 7.56. The van der Waals surface area contributed by atoms with Crippen molar-refractivity contribution in [2.45, 2.75) is 39.2 Å². The number of para-hydroxylation sites is 1. The Balaban J connectivity index is 1.51. The molecule has 2 aliphatic rings. The van der Waals surface area contributed by atoms with Gasteiger partial charge in [0.1, 0.15) is 10.1 Å². The second-order valence-corrected chi connectivity index (χ2v) is 11.0. The summed E-state index contributed by atoms with van der Waals surface area (Å²) in [6, 6.07) is 15.9. The molecule has 2 saturated heterocycles. The van der Waals surface area contributed by atoms with Gasteiger partial charge in [0, 0.05) is 31.6 Å². The van der Waals surface area contributed by atoms with Gasteiger partial charge in [-0.25, -0.2) is 0 Å². The highest BCUT2D eigenvalue weighted by atomic mass is 32.2. The number of hydrogen-bond donors (Lipinski definition) is 0. The van der Waals surface area contributed by atoms with Crippen molar-refractivity contribution < 1.29 is 9.53 Å². The molecule has 1 amide bonds. The molecule has 2 aromatic carbocycles. The summed E-state index contributed by atoms with van der Waals surface area (Å²) in [7, 11) is 1.64. The van der Waals surface area contributed by atoms with Crippen LogP contribution >= 0.6 is 24.0 Å². The van der Waals surface area contributed by atoms with Gasteiger partial charge in [0.15, 0.2) is 0 Å². The van der Waals surface area contributed by atoms with E-state index in [9.17, 15) is 9.59 Å². The highest BCUT2D eigenvalue weighted by Crippen LogP contribution is 2.37. The predicted molar refractivity (Wildman–Crippen MR) is 157 cm³/mol. The van der Waals surface area contributed by atoms with Crippen LogP contribution in [0.1, 0.15) is 37.3 Å². The van der Waals surface area contributed by atoms with E-state index in [0.717, 1.165) is 53.8 Å². The normalized spacial score (nSPS) is 17.3. The van der Waals surface area contributed by atoms with Gasteiger partial charge in [0.25, 0.3) is 11.5 Å². The van der Waals surface area contributed by atoms with Crippen molar-refractivity contribution >= 4 is 56.9 Å². The number of carbonyl (C=O) groups excluding carboxylic acids is 1. The Kier molecular flexibility index (Phi) is 7.67. The monoisotopic (exact) mass is 533 g/mol. The molecular weight excluding hydrogens is 502 g/mol. The quantitative estimate of drug-likeness (QED) is 0.297. The van der Waals surface area contributed by atoms with Gasteiger partial charge in [-0.3, -0.25) is 14.5 Å². The maximum absolute atomic E-state index is 13.8. The molecule has 8 heteroatoms. The van der Waals surface area contributed by atoms with Crippen LogP contribution in [0.5, 0.6) is 5.75 Å². The Morgan fingerprint density at radius 3 is 2.46 bits per heavy atom. The number of piperidine rings is 1. The molecule has 192 valence electrons. The van der Waals surface area contributed by atoms with Crippen LogP contribution in [-0.2, 0) is 17.8 Å². The first-order valence-corrected chi connectivity index (χ1v) is 14.0. The summed E-state index contributed by atoms with van der Waals surface area (Å²) in [6.07, 6.45) is 5.86. The van der Waals surface area contributed by atoms with Crippen LogP contribution in [0, 0.1) is 0 Å².